The number of carbonyl (C=O) groups is 3. The van der Waals surface area contributed by atoms with E-state index in [0.717, 1.165) is 35.5 Å². The summed E-state index contributed by atoms with van der Waals surface area (Å²) in [6, 6.07) is 10.4. The van der Waals surface area contributed by atoms with Crippen molar-refractivity contribution in [2.45, 2.75) is 26.2 Å². The van der Waals surface area contributed by atoms with Crippen LogP contribution in [0.5, 0.6) is 5.75 Å². The maximum Gasteiger partial charge on any atom is 0.342 e. The van der Waals surface area contributed by atoms with Crippen LogP contribution in [0.3, 0.4) is 0 Å². The normalized spacial score (nSPS) is 12.0. The zero-order valence-electron chi connectivity index (χ0n) is 18.6. The van der Waals surface area contributed by atoms with Crippen LogP contribution in [0.1, 0.15) is 44.5 Å². The van der Waals surface area contributed by atoms with Gasteiger partial charge in [0.1, 0.15) is 22.1 Å². The van der Waals surface area contributed by atoms with Crippen LogP contribution in [-0.4, -0.2) is 36.0 Å². The van der Waals surface area contributed by atoms with Crippen molar-refractivity contribution in [1.29, 1.82) is 0 Å². The third-order valence-corrected chi connectivity index (χ3v) is 6.42. The minimum absolute atomic E-state index is 0.178. The van der Waals surface area contributed by atoms with Gasteiger partial charge in [-0.2, -0.15) is 0 Å². The second-order valence-electron chi connectivity index (χ2n) is 7.53. The van der Waals surface area contributed by atoms with E-state index < -0.39 is 24.4 Å². The Labute approximate surface area is 200 Å². The van der Waals surface area contributed by atoms with Gasteiger partial charge in [0.15, 0.2) is 6.61 Å². The number of carbonyl (C=O) groups excluding carboxylic acids is 3. The van der Waals surface area contributed by atoms with Crippen LogP contribution in [0, 0.1) is 0 Å². The maximum atomic E-state index is 12.7. The lowest BCUT2D eigenvalue weighted by Crippen LogP contribution is -2.23. The number of aryl methyl sites for hydroxylation is 1. The number of anilines is 3. The van der Waals surface area contributed by atoms with E-state index in [0.29, 0.717) is 28.7 Å². The topological polar surface area (TPSA) is 133 Å². The molecular formula is C24H24N4O5S. The van der Waals surface area contributed by atoms with E-state index >= 15 is 0 Å². The van der Waals surface area contributed by atoms with E-state index in [4.69, 9.17) is 15.2 Å². The first-order chi connectivity index (χ1) is 16.5. The number of nitrogens with zero attached hydrogens (tertiary/aromatic N) is 1. The van der Waals surface area contributed by atoms with Crippen LogP contribution < -0.4 is 21.1 Å². The van der Waals surface area contributed by atoms with Crippen molar-refractivity contribution in [1.82, 2.24) is 4.98 Å². The number of nitrogens with two attached hydrogens (primary N) is 1. The van der Waals surface area contributed by atoms with Crippen LogP contribution in [0.2, 0.25) is 0 Å². The highest BCUT2D eigenvalue weighted by atomic mass is 32.1. The van der Waals surface area contributed by atoms with Crippen LogP contribution in [0.4, 0.5) is 16.5 Å². The average molecular weight is 481 g/mol. The van der Waals surface area contributed by atoms with Crippen molar-refractivity contribution in [3.63, 3.8) is 0 Å². The van der Waals surface area contributed by atoms with E-state index in [1.165, 1.54) is 11.3 Å². The van der Waals surface area contributed by atoms with Gasteiger partial charge in [-0.15, -0.1) is 11.3 Å². The number of nitrogens with one attached hydrogen (secondary N) is 2. The second kappa shape index (κ2) is 10.3. The van der Waals surface area contributed by atoms with Gasteiger partial charge in [0, 0.05) is 16.8 Å². The Morgan fingerprint density at radius 1 is 1.15 bits per heavy atom. The van der Waals surface area contributed by atoms with Crippen molar-refractivity contribution in [3.8, 4) is 5.75 Å². The molecular weight excluding hydrogens is 456 g/mol. The Hall–Kier alpha value is -3.92. The Bertz CT molecular complexity index is 1220. The number of amides is 2. The standard InChI is InChI=1S/C24H24N4O5S/c1-2-32-15-10-8-14(9-11-15)27-22-17(6-4-12-26-22)24(31)33-13-19(29)28-23-20(21(25)30)16-5-3-7-18(16)34-23/h4,6,8-12H,2-3,5,7,13H2,1H3,(H2,25,30)(H,26,27)(H,28,29). The van der Waals surface area contributed by atoms with Crippen molar-refractivity contribution in [2.75, 3.05) is 23.8 Å². The zero-order chi connectivity index (χ0) is 24.1. The first-order valence-electron chi connectivity index (χ1n) is 10.8. The Balaban J connectivity index is 1.39. The summed E-state index contributed by atoms with van der Waals surface area (Å²) in [5.41, 5.74) is 7.66. The first kappa shape index (κ1) is 23.2. The van der Waals surface area contributed by atoms with Crippen molar-refractivity contribution in [3.05, 3.63) is 64.2 Å². The highest BCUT2D eigenvalue weighted by Crippen LogP contribution is 2.38. The molecule has 0 fully saturated rings. The molecule has 0 atom stereocenters. The molecule has 4 rings (SSSR count). The number of thiophene rings is 1. The molecule has 0 bridgehead atoms. The molecule has 4 N–H and O–H groups in total. The molecule has 2 heterocycles. The fraction of sp³-hybridized carbons (Fsp3) is 0.250. The fourth-order valence-electron chi connectivity index (χ4n) is 3.73. The van der Waals surface area contributed by atoms with E-state index in [1.54, 1.807) is 42.6 Å². The van der Waals surface area contributed by atoms with E-state index in [-0.39, 0.29) is 5.56 Å². The lowest BCUT2D eigenvalue weighted by Gasteiger charge is -2.11. The van der Waals surface area contributed by atoms with Gasteiger partial charge in [-0.3, -0.25) is 9.59 Å². The molecule has 2 aromatic heterocycles. The molecule has 9 nitrogen and oxygen atoms in total. The largest absolute Gasteiger partial charge is 0.494 e. The van der Waals surface area contributed by atoms with Crippen LogP contribution in [0.15, 0.2) is 42.6 Å². The Morgan fingerprint density at radius 3 is 2.68 bits per heavy atom. The second-order valence-corrected chi connectivity index (χ2v) is 8.64. The van der Waals surface area contributed by atoms with Gasteiger partial charge in [0.25, 0.3) is 11.8 Å². The molecule has 0 aliphatic heterocycles. The molecule has 0 saturated heterocycles. The molecule has 0 unspecified atom stereocenters. The number of ether oxygens (including phenoxy) is 2. The predicted molar refractivity (Wildman–Crippen MR) is 129 cm³/mol. The minimum atomic E-state index is -0.708. The summed E-state index contributed by atoms with van der Waals surface area (Å²) >= 11 is 1.34. The Morgan fingerprint density at radius 2 is 1.94 bits per heavy atom. The predicted octanol–water partition coefficient (Wildman–Crippen LogP) is 3.67. The van der Waals surface area contributed by atoms with Crippen LogP contribution in [-0.2, 0) is 22.4 Å². The molecule has 1 aliphatic carbocycles. The highest BCUT2D eigenvalue weighted by molar-refractivity contribution is 7.17. The van der Waals surface area contributed by atoms with Crippen molar-refractivity contribution < 1.29 is 23.9 Å². The number of primary amides is 1. The van der Waals surface area contributed by atoms with E-state index in [2.05, 4.69) is 15.6 Å². The smallest absolute Gasteiger partial charge is 0.342 e. The molecule has 0 saturated carbocycles. The number of aromatic nitrogens is 1. The summed E-state index contributed by atoms with van der Waals surface area (Å²) in [6.45, 7) is 1.95. The maximum absolute atomic E-state index is 12.7. The first-order valence-corrected chi connectivity index (χ1v) is 11.6. The molecule has 34 heavy (non-hydrogen) atoms. The molecule has 176 valence electrons. The monoisotopic (exact) mass is 480 g/mol. The molecule has 2 amide bonds. The summed E-state index contributed by atoms with van der Waals surface area (Å²) in [7, 11) is 0. The number of esters is 1. The van der Waals surface area contributed by atoms with Gasteiger partial charge in [-0.05, 0) is 68.1 Å². The van der Waals surface area contributed by atoms with Gasteiger partial charge in [-0.1, -0.05) is 0 Å². The van der Waals surface area contributed by atoms with E-state index in [9.17, 15) is 14.4 Å². The molecule has 3 aromatic rings. The van der Waals surface area contributed by atoms with Crippen LogP contribution in [0.25, 0.3) is 0 Å². The average Bonchev–Trinajstić information content (AvgIpc) is 3.40. The number of hydrogen-bond acceptors (Lipinski definition) is 8. The number of hydrogen-bond donors (Lipinski definition) is 3. The summed E-state index contributed by atoms with van der Waals surface area (Å²) in [6.07, 6.45) is 4.13. The summed E-state index contributed by atoms with van der Waals surface area (Å²) in [5.74, 6) is -0.814. The van der Waals surface area contributed by atoms with Gasteiger partial charge in [0.2, 0.25) is 0 Å². The Kier molecular flexibility index (Phi) is 7.07. The van der Waals surface area contributed by atoms with Gasteiger partial charge < -0.3 is 25.8 Å². The fourth-order valence-corrected chi connectivity index (χ4v) is 5.04. The molecule has 10 heteroatoms. The molecule has 0 spiro atoms. The summed E-state index contributed by atoms with van der Waals surface area (Å²) in [5, 5.41) is 6.13. The number of pyridine rings is 1. The zero-order valence-corrected chi connectivity index (χ0v) is 19.4. The summed E-state index contributed by atoms with van der Waals surface area (Å²) in [4.78, 5) is 42.3. The third-order valence-electron chi connectivity index (χ3n) is 5.21. The quantitative estimate of drug-likeness (QED) is 0.398. The van der Waals surface area contributed by atoms with Gasteiger partial charge >= 0.3 is 5.97 Å². The number of fused-ring (bicyclic) bond motifs is 1. The third kappa shape index (κ3) is 5.18. The summed E-state index contributed by atoms with van der Waals surface area (Å²) < 4.78 is 10.6. The van der Waals surface area contributed by atoms with E-state index in [1.807, 2.05) is 6.92 Å². The SMILES string of the molecule is CCOc1ccc(Nc2ncccc2C(=O)OCC(=O)Nc2sc3c(c2C(N)=O)CCC3)cc1. The molecule has 0 radical (unpaired) electrons. The lowest BCUT2D eigenvalue weighted by atomic mass is 10.1. The van der Waals surface area contributed by atoms with Crippen molar-refractivity contribution in [2.24, 2.45) is 5.73 Å². The molecule has 1 aliphatic rings. The molecule has 1 aromatic carbocycles. The van der Waals surface area contributed by atoms with Gasteiger partial charge in [0.05, 0.1) is 12.2 Å². The van der Waals surface area contributed by atoms with Crippen molar-refractivity contribution >= 4 is 45.6 Å². The number of benzene rings is 1. The highest BCUT2D eigenvalue weighted by Gasteiger charge is 2.26. The number of rotatable bonds is 9. The lowest BCUT2D eigenvalue weighted by molar-refractivity contribution is -0.119. The van der Waals surface area contributed by atoms with Crippen LogP contribution >= 0.6 is 11.3 Å². The minimum Gasteiger partial charge on any atom is -0.494 e. The van der Waals surface area contributed by atoms with Gasteiger partial charge in [-0.25, -0.2) is 9.78 Å².